The Balaban J connectivity index is 1.56. The molecule has 1 aliphatic rings. The van der Waals surface area contributed by atoms with E-state index in [2.05, 4.69) is 5.32 Å². The lowest BCUT2D eigenvalue weighted by Gasteiger charge is -2.32. The van der Waals surface area contributed by atoms with Crippen molar-refractivity contribution in [1.82, 2.24) is 14.5 Å². The molecule has 0 radical (unpaired) electrons. The quantitative estimate of drug-likeness (QED) is 0.276. The zero-order valence-electron chi connectivity index (χ0n) is 23.9. The minimum atomic E-state index is -3.51. The van der Waals surface area contributed by atoms with Gasteiger partial charge in [-0.15, -0.1) is 0 Å². The third-order valence-corrected chi connectivity index (χ3v) is 9.31. The summed E-state index contributed by atoms with van der Waals surface area (Å²) in [6, 6.07) is 22.3. The van der Waals surface area contributed by atoms with Gasteiger partial charge in [-0.3, -0.25) is 9.59 Å². The molecule has 1 fully saturated rings. The highest BCUT2D eigenvalue weighted by molar-refractivity contribution is 7.89. The minimum Gasteiger partial charge on any atom is -0.497 e. The molecule has 0 spiro atoms. The first-order chi connectivity index (χ1) is 20.3. The molecule has 1 saturated heterocycles. The lowest BCUT2D eigenvalue weighted by molar-refractivity contribution is -0.141. The Morgan fingerprint density at radius 2 is 1.60 bits per heavy atom. The topological polar surface area (TPSA) is 116 Å². The van der Waals surface area contributed by atoms with Crippen molar-refractivity contribution in [3.8, 4) is 5.75 Å². The monoisotopic (exact) mass is 593 g/mol. The Labute approximate surface area is 248 Å². The number of amides is 2. The predicted octanol–water partition coefficient (Wildman–Crippen LogP) is 3.68. The molecule has 3 aromatic carbocycles. The summed E-state index contributed by atoms with van der Waals surface area (Å²) in [6.07, 6.45) is 2.66. The van der Waals surface area contributed by atoms with Crippen LogP contribution in [0.3, 0.4) is 0 Å². The number of aliphatic hydroxyl groups is 1. The fraction of sp³-hybridized carbons (Fsp3) is 0.375. The average molecular weight is 594 g/mol. The van der Waals surface area contributed by atoms with Gasteiger partial charge in [0.05, 0.1) is 12.0 Å². The molecule has 0 aromatic heterocycles. The summed E-state index contributed by atoms with van der Waals surface area (Å²) < 4.78 is 32.6. The van der Waals surface area contributed by atoms with E-state index in [0.717, 1.165) is 24.0 Å². The first kappa shape index (κ1) is 31.2. The van der Waals surface area contributed by atoms with E-state index in [1.54, 1.807) is 36.3 Å². The van der Waals surface area contributed by atoms with Crippen molar-refractivity contribution in [3.63, 3.8) is 0 Å². The number of benzene rings is 3. The van der Waals surface area contributed by atoms with Crippen LogP contribution in [-0.4, -0.2) is 67.9 Å². The number of nitrogens with one attached hydrogen (secondary N) is 1. The summed E-state index contributed by atoms with van der Waals surface area (Å²) in [7, 11) is -1.93. The van der Waals surface area contributed by atoms with Crippen LogP contribution in [0.2, 0.25) is 0 Å². The van der Waals surface area contributed by atoms with E-state index in [-0.39, 0.29) is 42.8 Å². The minimum absolute atomic E-state index is 0.0527. The maximum Gasteiger partial charge on any atom is 0.247 e. The SMILES string of the molecule is COc1ccc(CN(C(=O)CCc2ccc(S(=O)(=O)N3CCCC3)cc2)C(C(=O)NCCCO)c2ccccc2)cc1. The Kier molecular flexibility index (Phi) is 11.1. The molecular formula is C32H39N3O6S. The molecule has 0 aliphatic carbocycles. The van der Waals surface area contributed by atoms with Gasteiger partial charge in [0.15, 0.2) is 0 Å². The number of hydrogen-bond donors (Lipinski definition) is 2. The Hall–Kier alpha value is -3.73. The number of carbonyl (C=O) groups excluding carboxylic acids is 2. The van der Waals surface area contributed by atoms with Crippen LogP contribution in [0, 0.1) is 0 Å². The van der Waals surface area contributed by atoms with Gasteiger partial charge >= 0.3 is 0 Å². The summed E-state index contributed by atoms with van der Waals surface area (Å²) in [6.45, 7) is 1.51. The predicted molar refractivity (Wildman–Crippen MR) is 160 cm³/mol. The maximum absolute atomic E-state index is 13.9. The van der Waals surface area contributed by atoms with Gasteiger partial charge in [-0.1, -0.05) is 54.6 Å². The second-order valence-corrected chi connectivity index (χ2v) is 12.2. The van der Waals surface area contributed by atoms with Crippen LogP contribution in [0.5, 0.6) is 5.75 Å². The van der Waals surface area contributed by atoms with Gasteiger partial charge in [-0.2, -0.15) is 4.31 Å². The van der Waals surface area contributed by atoms with Crippen LogP contribution in [0.15, 0.2) is 83.8 Å². The lowest BCUT2D eigenvalue weighted by atomic mass is 10.0. The number of hydrogen-bond acceptors (Lipinski definition) is 6. The van der Waals surface area contributed by atoms with Crippen molar-refractivity contribution in [2.24, 2.45) is 0 Å². The van der Waals surface area contributed by atoms with Gasteiger partial charge in [-0.25, -0.2) is 8.42 Å². The molecule has 224 valence electrons. The van der Waals surface area contributed by atoms with Crippen molar-refractivity contribution in [2.45, 2.75) is 49.6 Å². The van der Waals surface area contributed by atoms with E-state index < -0.39 is 16.1 Å². The summed E-state index contributed by atoms with van der Waals surface area (Å²) >= 11 is 0. The van der Waals surface area contributed by atoms with Gasteiger partial charge in [-0.05, 0) is 66.6 Å². The van der Waals surface area contributed by atoms with E-state index in [0.29, 0.717) is 37.2 Å². The Bertz CT molecular complexity index is 1410. The first-order valence-electron chi connectivity index (χ1n) is 14.3. The molecule has 1 atom stereocenters. The summed E-state index contributed by atoms with van der Waals surface area (Å²) in [4.78, 5) is 29.2. The van der Waals surface area contributed by atoms with Crippen molar-refractivity contribution in [2.75, 3.05) is 33.4 Å². The van der Waals surface area contributed by atoms with E-state index in [4.69, 9.17) is 4.74 Å². The molecule has 2 N–H and O–H groups in total. The maximum atomic E-state index is 13.9. The molecule has 0 bridgehead atoms. The molecule has 42 heavy (non-hydrogen) atoms. The van der Waals surface area contributed by atoms with Crippen LogP contribution in [0.25, 0.3) is 0 Å². The fourth-order valence-electron chi connectivity index (χ4n) is 5.05. The van der Waals surface area contributed by atoms with Crippen molar-refractivity contribution >= 4 is 21.8 Å². The second-order valence-electron chi connectivity index (χ2n) is 10.3. The second kappa shape index (κ2) is 14.9. The molecule has 1 heterocycles. The number of sulfonamides is 1. The van der Waals surface area contributed by atoms with Crippen LogP contribution < -0.4 is 10.1 Å². The number of rotatable bonds is 14. The van der Waals surface area contributed by atoms with Gasteiger partial charge in [0.1, 0.15) is 11.8 Å². The Morgan fingerprint density at radius 3 is 2.21 bits per heavy atom. The van der Waals surface area contributed by atoms with Gasteiger partial charge in [0.25, 0.3) is 0 Å². The number of aryl methyl sites for hydroxylation is 1. The third-order valence-electron chi connectivity index (χ3n) is 7.40. The molecule has 4 rings (SSSR count). The molecule has 0 saturated carbocycles. The van der Waals surface area contributed by atoms with Crippen LogP contribution in [0.4, 0.5) is 0 Å². The first-order valence-corrected chi connectivity index (χ1v) is 15.7. The number of carbonyl (C=O) groups is 2. The smallest absolute Gasteiger partial charge is 0.247 e. The van der Waals surface area contributed by atoms with Gasteiger partial charge in [0, 0.05) is 39.2 Å². The normalized spacial score (nSPS) is 14.3. The number of ether oxygens (including phenoxy) is 1. The van der Waals surface area contributed by atoms with E-state index >= 15 is 0 Å². The molecule has 1 aliphatic heterocycles. The van der Waals surface area contributed by atoms with Crippen LogP contribution in [0.1, 0.15) is 48.4 Å². The van der Waals surface area contributed by atoms with Gasteiger partial charge in [0.2, 0.25) is 21.8 Å². The van der Waals surface area contributed by atoms with Crippen LogP contribution in [-0.2, 0) is 32.6 Å². The van der Waals surface area contributed by atoms with Crippen molar-refractivity contribution in [3.05, 3.63) is 95.6 Å². The Morgan fingerprint density at radius 1 is 0.952 bits per heavy atom. The zero-order chi connectivity index (χ0) is 30.0. The number of aliphatic hydroxyl groups excluding tert-OH is 1. The largest absolute Gasteiger partial charge is 0.497 e. The van der Waals surface area contributed by atoms with Crippen LogP contribution >= 0.6 is 0 Å². The van der Waals surface area contributed by atoms with Gasteiger partial charge < -0.3 is 20.1 Å². The molecule has 10 heteroatoms. The highest BCUT2D eigenvalue weighted by Gasteiger charge is 2.31. The van der Waals surface area contributed by atoms with E-state index in [9.17, 15) is 23.1 Å². The third kappa shape index (κ3) is 7.96. The summed E-state index contributed by atoms with van der Waals surface area (Å²) in [5.74, 6) is 0.145. The lowest BCUT2D eigenvalue weighted by Crippen LogP contribution is -2.43. The van der Waals surface area contributed by atoms with Crippen molar-refractivity contribution in [1.29, 1.82) is 0 Å². The molecule has 2 amide bonds. The number of methoxy groups -OCH3 is 1. The zero-order valence-corrected chi connectivity index (χ0v) is 24.8. The van der Waals surface area contributed by atoms with Crippen molar-refractivity contribution < 1.29 is 27.9 Å². The fourth-order valence-corrected chi connectivity index (χ4v) is 6.56. The molecule has 1 unspecified atom stereocenters. The highest BCUT2D eigenvalue weighted by atomic mass is 32.2. The van der Waals surface area contributed by atoms with E-state index in [1.807, 2.05) is 54.6 Å². The number of nitrogens with zero attached hydrogens (tertiary/aromatic N) is 2. The highest BCUT2D eigenvalue weighted by Crippen LogP contribution is 2.26. The summed E-state index contributed by atoms with van der Waals surface area (Å²) in [5.41, 5.74) is 2.35. The standard InChI is InChI=1S/C32H39N3O6S/c1-41-28-15-10-26(11-16-28)24-35(31(27-8-3-2-4-9-27)32(38)33-20-7-23-36)30(37)19-14-25-12-17-29(18-13-25)42(39,40)34-21-5-6-22-34/h2-4,8-13,15-18,31,36H,5-7,14,19-24H2,1H3,(H,33,38). The molecule has 3 aromatic rings. The summed E-state index contributed by atoms with van der Waals surface area (Å²) in [5, 5.41) is 12.1. The average Bonchev–Trinajstić information content (AvgIpc) is 3.57. The molecule has 9 nitrogen and oxygen atoms in total. The molecular weight excluding hydrogens is 554 g/mol. The van der Waals surface area contributed by atoms with E-state index in [1.165, 1.54) is 4.31 Å².